The Labute approximate surface area is 189 Å². The highest BCUT2D eigenvalue weighted by Gasteiger charge is 2.66. The molecule has 0 spiro atoms. The zero-order chi connectivity index (χ0) is 21.6. The molecule has 1 saturated carbocycles. The first-order valence-electron chi connectivity index (χ1n) is 8.80. The summed E-state index contributed by atoms with van der Waals surface area (Å²) in [4.78, 5) is 38.4. The highest BCUT2D eigenvalue weighted by molar-refractivity contribution is 9.25. The van der Waals surface area contributed by atoms with Crippen molar-refractivity contribution >= 4 is 71.7 Å². The van der Waals surface area contributed by atoms with Gasteiger partial charge in [-0.1, -0.05) is 50.1 Å². The molecule has 1 fully saturated rings. The summed E-state index contributed by atoms with van der Waals surface area (Å²) >= 11 is 8.01. The molecule has 2 amide bonds. The Morgan fingerprint density at radius 3 is 2.31 bits per heavy atom. The summed E-state index contributed by atoms with van der Waals surface area (Å²) in [5.74, 6) is -1.20. The van der Waals surface area contributed by atoms with Gasteiger partial charge in [0.1, 0.15) is 5.00 Å². The highest BCUT2D eigenvalue weighted by atomic mass is 79.9. The summed E-state index contributed by atoms with van der Waals surface area (Å²) in [5, 5.41) is 5.98. The van der Waals surface area contributed by atoms with E-state index in [0.29, 0.717) is 27.5 Å². The zero-order valence-corrected chi connectivity index (χ0v) is 20.3. The average Bonchev–Trinajstić information content (AvgIpc) is 3.02. The largest absolute Gasteiger partial charge is 0.465 e. The number of halogens is 2. The van der Waals surface area contributed by atoms with Crippen LogP contribution in [0.4, 0.5) is 10.7 Å². The number of para-hydroxylation sites is 1. The Morgan fingerprint density at radius 2 is 1.76 bits per heavy atom. The summed E-state index contributed by atoms with van der Waals surface area (Å²) in [7, 11) is 1.27. The fourth-order valence-electron chi connectivity index (χ4n) is 2.95. The molecule has 1 aliphatic carbocycles. The molecule has 2 N–H and O–H groups in total. The Morgan fingerprint density at radius 1 is 1.14 bits per heavy atom. The maximum absolute atomic E-state index is 12.9. The molecule has 0 radical (unpaired) electrons. The number of carbonyl (C=O) groups excluding carboxylic acids is 3. The smallest absolute Gasteiger partial charge is 0.341 e. The van der Waals surface area contributed by atoms with Gasteiger partial charge in [0.2, 0.25) is 5.91 Å². The molecule has 1 heterocycles. The van der Waals surface area contributed by atoms with E-state index in [-0.39, 0.29) is 17.4 Å². The van der Waals surface area contributed by atoms with Gasteiger partial charge in [0.25, 0.3) is 5.91 Å². The van der Waals surface area contributed by atoms with Gasteiger partial charge in [-0.3, -0.25) is 9.59 Å². The number of hydrogen-bond donors (Lipinski definition) is 2. The number of thiophene rings is 1. The van der Waals surface area contributed by atoms with Gasteiger partial charge in [0.05, 0.1) is 26.2 Å². The molecule has 3 rings (SSSR count). The van der Waals surface area contributed by atoms with Crippen LogP contribution in [0.5, 0.6) is 0 Å². The SMILES string of the molecule is COC(=O)c1c(NC(=O)C2(C)CC2(Br)Br)sc(C(=O)Nc2ccccc2C)c1C. The van der Waals surface area contributed by atoms with Crippen molar-refractivity contribution in [2.24, 2.45) is 5.41 Å². The van der Waals surface area contributed by atoms with E-state index < -0.39 is 14.6 Å². The predicted octanol–water partition coefficient (Wildman–Crippen LogP) is 5.24. The molecule has 1 aromatic carbocycles. The third kappa shape index (κ3) is 4.00. The number of methoxy groups -OCH3 is 1. The lowest BCUT2D eigenvalue weighted by Crippen LogP contribution is -2.26. The van der Waals surface area contributed by atoms with Gasteiger partial charge >= 0.3 is 5.97 Å². The van der Waals surface area contributed by atoms with Crippen LogP contribution in [0.3, 0.4) is 0 Å². The summed E-state index contributed by atoms with van der Waals surface area (Å²) in [5.41, 5.74) is 1.60. The maximum Gasteiger partial charge on any atom is 0.341 e. The number of aryl methyl sites for hydroxylation is 1. The van der Waals surface area contributed by atoms with E-state index in [1.165, 1.54) is 7.11 Å². The molecular formula is C20H20Br2N2O4S. The Hall–Kier alpha value is -1.71. The zero-order valence-electron chi connectivity index (χ0n) is 16.3. The van der Waals surface area contributed by atoms with Crippen molar-refractivity contribution in [1.82, 2.24) is 0 Å². The van der Waals surface area contributed by atoms with E-state index in [2.05, 4.69) is 42.5 Å². The van der Waals surface area contributed by atoms with E-state index in [1.54, 1.807) is 13.0 Å². The van der Waals surface area contributed by atoms with Gasteiger partial charge in [0.15, 0.2) is 0 Å². The monoisotopic (exact) mass is 542 g/mol. The minimum atomic E-state index is -0.665. The van der Waals surface area contributed by atoms with Crippen LogP contribution in [0.15, 0.2) is 24.3 Å². The van der Waals surface area contributed by atoms with E-state index in [0.717, 1.165) is 16.9 Å². The molecular weight excluding hydrogens is 524 g/mol. The first-order valence-corrected chi connectivity index (χ1v) is 11.2. The number of ether oxygens (including phenoxy) is 1. The molecule has 0 aliphatic heterocycles. The van der Waals surface area contributed by atoms with Gasteiger partial charge in [0, 0.05) is 5.69 Å². The molecule has 0 bridgehead atoms. The topological polar surface area (TPSA) is 84.5 Å². The van der Waals surface area contributed by atoms with Crippen molar-refractivity contribution in [3.8, 4) is 0 Å². The number of anilines is 2. The second kappa shape index (κ2) is 7.85. The quantitative estimate of drug-likeness (QED) is 0.399. The first kappa shape index (κ1) is 22.0. The first-order chi connectivity index (χ1) is 13.5. The van der Waals surface area contributed by atoms with Gasteiger partial charge in [-0.2, -0.15) is 0 Å². The molecule has 154 valence electrons. The minimum Gasteiger partial charge on any atom is -0.465 e. The summed E-state index contributed by atoms with van der Waals surface area (Å²) in [6, 6.07) is 7.42. The molecule has 1 unspecified atom stereocenters. The van der Waals surface area contributed by atoms with Crippen LogP contribution in [0, 0.1) is 19.3 Å². The number of nitrogens with one attached hydrogen (secondary N) is 2. The molecule has 2 aromatic rings. The van der Waals surface area contributed by atoms with Crippen LogP contribution >= 0.6 is 43.2 Å². The molecule has 1 aliphatic rings. The van der Waals surface area contributed by atoms with Crippen LogP contribution in [0.25, 0.3) is 0 Å². The van der Waals surface area contributed by atoms with Crippen LogP contribution < -0.4 is 10.6 Å². The van der Waals surface area contributed by atoms with Crippen LogP contribution in [-0.4, -0.2) is 28.1 Å². The number of amides is 2. The van der Waals surface area contributed by atoms with Gasteiger partial charge in [-0.25, -0.2) is 4.79 Å². The maximum atomic E-state index is 12.9. The van der Waals surface area contributed by atoms with E-state index in [1.807, 2.05) is 32.0 Å². The summed E-state index contributed by atoms with van der Waals surface area (Å²) < 4.78 is 4.41. The van der Waals surface area contributed by atoms with Crippen molar-refractivity contribution in [2.45, 2.75) is 30.4 Å². The lowest BCUT2D eigenvalue weighted by Gasteiger charge is -2.13. The lowest BCUT2D eigenvalue weighted by molar-refractivity contribution is -0.120. The van der Waals surface area contributed by atoms with Crippen molar-refractivity contribution in [2.75, 3.05) is 17.7 Å². The second-order valence-corrected chi connectivity index (χ2v) is 12.0. The van der Waals surface area contributed by atoms with Crippen LogP contribution in [0.2, 0.25) is 0 Å². The lowest BCUT2D eigenvalue weighted by atomic mass is 10.1. The fourth-order valence-corrected chi connectivity index (χ4v) is 5.51. The Balaban J connectivity index is 1.93. The number of carbonyl (C=O) groups is 3. The molecule has 6 nitrogen and oxygen atoms in total. The molecule has 0 saturated heterocycles. The number of rotatable bonds is 5. The summed E-state index contributed by atoms with van der Waals surface area (Å²) in [6.45, 7) is 5.38. The third-order valence-electron chi connectivity index (χ3n) is 5.12. The van der Waals surface area contributed by atoms with Gasteiger partial charge < -0.3 is 15.4 Å². The minimum absolute atomic E-state index is 0.194. The number of esters is 1. The third-order valence-corrected chi connectivity index (χ3v) is 8.64. The van der Waals surface area contributed by atoms with Gasteiger partial charge in [-0.05, 0) is 44.4 Å². The highest BCUT2D eigenvalue weighted by Crippen LogP contribution is 2.66. The molecule has 9 heteroatoms. The average molecular weight is 544 g/mol. The second-order valence-electron chi connectivity index (χ2n) is 7.19. The van der Waals surface area contributed by atoms with Crippen molar-refractivity contribution < 1.29 is 19.1 Å². The van der Waals surface area contributed by atoms with Crippen molar-refractivity contribution in [3.05, 3.63) is 45.8 Å². The molecule has 29 heavy (non-hydrogen) atoms. The van der Waals surface area contributed by atoms with E-state index >= 15 is 0 Å². The predicted molar refractivity (Wildman–Crippen MR) is 121 cm³/mol. The van der Waals surface area contributed by atoms with E-state index in [9.17, 15) is 14.4 Å². The fraction of sp³-hybridized carbons (Fsp3) is 0.350. The Bertz CT molecular complexity index is 1020. The van der Waals surface area contributed by atoms with Crippen LogP contribution in [0.1, 0.15) is 44.5 Å². The van der Waals surface area contributed by atoms with Crippen molar-refractivity contribution in [3.63, 3.8) is 0 Å². The number of alkyl halides is 2. The van der Waals surface area contributed by atoms with Gasteiger partial charge in [-0.15, -0.1) is 11.3 Å². The molecule has 1 aromatic heterocycles. The number of hydrogen-bond acceptors (Lipinski definition) is 5. The molecule has 1 atom stereocenters. The van der Waals surface area contributed by atoms with Crippen molar-refractivity contribution in [1.29, 1.82) is 0 Å². The number of benzene rings is 1. The Kier molecular flexibility index (Phi) is 5.95. The standard InChI is InChI=1S/C20H20Br2N2O4S/c1-10-7-5-6-8-12(10)23-15(25)14-11(2)13(17(26)28-4)16(29-14)24-18(27)19(3)9-20(19,21)22/h5-8H,9H2,1-4H3,(H,23,25)(H,24,27). The van der Waals surface area contributed by atoms with Crippen LogP contribution in [-0.2, 0) is 9.53 Å². The summed E-state index contributed by atoms with van der Waals surface area (Å²) in [6.07, 6.45) is 0.602. The van der Waals surface area contributed by atoms with E-state index in [4.69, 9.17) is 4.74 Å². The normalized spacial score (nSPS) is 19.4.